The lowest BCUT2D eigenvalue weighted by atomic mass is 10.0. The van der Waals surface area contributed by atoms with Crippen molar-refractivity contribution < 1.29 is 4.79 Å². The molecule has 0 heterocycles. The van der Waals surface area contributed by atoms with Gasteiger partial charge in [-0.2, -0.15) is 0 Å². The molecule has 0 atom stereocenters. The van der Waals surface area contributed by atoms with E-state index in [1.165, 1.54) is 0 Å². The summed E-state index contributed by atoms with van der Waals surface area (Å²) in [7, 11) is 0. The summed E-state index contributed by atoms with van der Waals surface area (Å²) in [6.45, 7) is 12.1. The first-order valence-electron chi connectivity index (χ1n) is 6.74. The highest BCUT2D eigenvalue weighted by Crippen LogP contribution is 2.11. The number of nitrogens with zero attached hydrogens (tertiary/aromatic N) is 1. The first-order chi connectivity index (χ1) is 8.41. The second-order valence-corrected chi connectivity index (χ2v) is 5.66. The van der Waals surface area contributed by atoms with Crippen molar-refractivity contribution in [3.05, 3.63) is 35.4 Å². The van der Waals surface area contributed by atoms with Gasteiger partial charge >= 0.3 is 0 Å². The number of benzene rings is 1. The van der Waals surface area contributed by atoms with Gasteiger partial charge in [-0.05, 0) is 32.3 Å². The molecular weight excluding hydrogens is 222 g/mol. The number of rotatable bonds is 6. The number of carbonyl (C=O) groups is 1. The van der Waals surface area contributed by atoms with Crippen LogP contribution in [0.3, 0.4) is 0 Å². The van der Waals surface area contributed by atoms with Crippen molar-refractivity contribution in [2.45, 2.75) is 40.7 Å². The van der Waals surface area contributed by atoms with E-state index < -0.39 is 0 Å². The minimum atomic E-state index is 0.224. The molecule has 0 radical (unpaired) electrons. The normalized spacial score (nSPS) is 11.6. The second kappa shape index (κ2) is 6.69. The van der Waals surface area contributed by atoms with Crippen molar-refractivity contribution in [1.82, 2.24) is 4.90 Å². The summed E-state index contributed by atoms with van der Waals surface area (Å²) in [6.07, 6.45) is 0. The summed E-state index contributed by atoms with van der Waals surface area (Å²) in [4.78, 5) is 14.6. The number of Topliss-reactive ketones (excluding diaryl/α,β-unsaturated/α-hetero) is 1. The second-order valence-electron chi connectivity index (χ2n) is 5.66. The molecule has 100 valence electrons. The van der Waals surface area contributed by atoms with Crippen LogP contribution in [-0.4, -0.2) is 29.8 Å². The Hall–Kier alpha value is -1.15. The molecule has 2 heteroatoms. The van der Waals surface area contributed by atoms with Gasteiger partial charge in [-0.15, -0.1) is 0 Å². The lowest BCUT2D eigenvalue weighted by Crippen LogP contribution is -2.38. The fourth-order valence-electron chi connectivity index (χ4n) is 2.08. The third-order valence-electron chi connectivity index (χ3n) is 3.12. The fraction of sp³-hybridized carbons (Fsp3) is 0.562. The summed E-state index contributed by atoms with van der Waals surface area (Å²) in [6, 6.07) is 8.23. The van der Waals surface area contributed by atoms with Crippen LogP contribution in [-0.2, 0) is 0 Å². The summed E-state index contributed by atoms with van der Waals surface area (Å²) in [5, 5.41) is 0. The maximum absolute atomic E-state index is 12.3. The van der Waals surface area contributed by atoms with Crippen molar-refractivity contribution in [2.24, 2.45) is 5.92 Å². The van der Waals surface area contributed by atoms with E-state index in [2.05, 4.69) is 32.6 Å². The molecule has 2 nitrogen and oxygen atoms in total. The molecule has 0 unspecified atom stereocenters. The maximum Gasteiger partial charge on any atom is 0.177 e. The zero-order valence-corrected chi connectivity index (χ0v) is 12.2. The summed E-state index contributed by atoms with van der Waals surface area (Å²) >= 11 is 0. The molecule has 0 aromatic heterocycles. The minimum Gasteiger partial charge on any atom is -0.293 e. The fourth-order valence-corrected chi connectivity index (χ4v) is 2.08. The molecular formula is C16H25NO. The summed E-state index contributed by atoms with van der Waals surface area (Å²) < 4.78 is 0. The predicted octanol–water partition coefficient (Wildman–Crippen LogP) is 3.54. The lowest BCUT2D eigenvalue weighted by molar-refractivity contribution is 0.0892. The van der Waals surface area contributed by atoms with E-state index in [0.717, 1.165) is 17.7 Å². The molecule has 1 aromatic carbocycles. The van der Waals surface area contributed by atoms with Crippen molar-refractivity contribution in [1.29, 1.82) is 0 Å². The highest BCUT2D eigenvalue weighted by atomic mass is 16.1. The van der Waals surface area contributed by atoms with Crippen LogP contribution in [0.2, 0.25) is 0 Å². The van der Waals surface area contributed by atoms with Crippen LogP contribution in [0.5, 0.6) is 0 Å². The Bertz CT molecular complexity index is 396. The van der Waals surface area contributed by atoms with E-state index in [9.17, 15) is 4.79 Å². The molecule has 1 aromatic rings. The first-order valence-corrected chi connectivity index (χ1v) is 6.74. The van der Waals surface area contributed by atoms with Crippen LogP contribution in [0.25, 0.3) is 0 Å². The number of ketones is 1. The maximum atomic E-state index is 12.3. The van der Waals surface area contributed by atoms with E-state index in [1.807, 2.05) is 31.2 Å². The Kier molecular flexibility index (Phi) is 5.54. The molecule has 0 bridgehead atoms. The Morgan fingerprint density at radius 1 is 1.17 bits per heavy atom. The van der Waals surface area contributed by atoms with Crippen LogP contribution >= 0.6 is 0 Å². The van der Waals surface area contributed by atoms with Crippen molar-refractivity contribution in [3.8, 4) is 0 Å². The van der Waals surface area contributed by atoms with Gasteiger partial charge in [0.2, 0.25) is 0 Å². The molecule has 1 rings (SSSR count). The smallest absolute Gasteiger partial charge is 0.177 e. The van der Waals surface area contributed by atoms with Crippen LogP contribution < -0.4 is 0 Å². The van der Waals surface area contributed by atoms with Gasteiger partial charge in [-0.25, -0.2) is 0 Å². The van der Waals surface area contributed by atoms with Gasteiger partial charge in [-0.1, -0.05) is 38.1 Å². The van der Waals surface area contributed by atoms with E-state index in [1.54, 1.807) is 0 Å². The predicted molar refractivity (Wildman–Crippen MR) is 77.1 cm³/mol. The first kappa shape index (κ1) is 14.9. The van der Waals surface area contributed by atoms with E-state index in [-0.39, 0.29) is 5.78 Å². The number of hydrogen-bond donors (Lipinski definition) is 0. The monoisotopic (exact) mass is 247 g/mol. The summed E-state index contributed by atoms with van der Waals surface area (Å²) in [5.74, 6) is 0.805. The van der Waals surface area contributed by atoms with Crippen LogP contribution in [0.1, 0.15) is 43.6 Å². The van der Waals surface area contributed by atoms with Gasteiger partial charge in [0.05, 0.1) is 6.54 Å². The minimum absolute atomic E-state index is 0.224. The van der Waals surface area contributed by atoms with Crippen molar-refractivity contribution in [2.75, 3.05) is 13.1 Å². The molecule has 0 aliphatic carbocycles. The zero-order valence-electron chi connectivity index (χ0n) is 12.2. The van der Waals surface area contributed by atoms with Gasteiger partial charge < -0.3 is 0 Å². The van der Waals surface area contributed by atoms with Crippen LogP contribution in [0.4, 0.5) is 0 Å². The largest absolute Gasteiger partial charge is 0.293 e. The number of hydrogen-bond acceptors (Lipinski definition) is 2. The molecule has 0 aliphatic heterocycles. The quantitative estimate of drug-likeness (QED) is 0.717. The van der Waals surface area contributed by atoms with E-state index >= 15 is 0 Å². The molecule has 0 amide bonds. The Morgan fingerprint density at radius 2 is 1.78 bits per heavy atom. The molecule has 0 saturated heterocycles. The van der Waals surface area contributed by atoms with Gasteiger partial charge in [0.1, 0.15) is 0 Å². The average molecular weight is 247 g/mol. The summed E-state index contributed by atoms with van der Waals surface area (Å²) in [5.41, 5.74) is 1.92. The van der Waals surface area contributed by atoms with E-state index in [4.69, 9.17) is 0 Å². The lowest BCUT2D eigenvalue weighted by Gasteiger charge is -2.27. The third kappa shape index (κ3) is 4.26. The molecule has 18 heavy (non-hydrogen) atoms. The Balaban J connectivity index is 2.76. The standard InChI is InChI=1S/C16H25NO/c1-12(2)10-17(13(3)4)11-16(18)15-9-7-6-8-14(15)5/h6-9,12-13H,10-11H2,1-5H3. The SMILES string of the molecule is Cc1ccccc1C(=O)CN(CC(C)C)C(C)C. The van der Waals surface area contributed by atoms with Crippen molar-refractivity contribution in [3.63, 3.8) is 0 Å². The van der Waals surface area contributed by atoms with Gasteiger partial charge in [0.25, 0.3) is 0 Å². The van der Waals surface area contributed by atoms with Crippen LogP contribution in [0, 0.1) is 12.8 Å². The van der Waals surface area contributed by atoms with Gasteiger partial charge in [0.15, 0.2) is 5.78 Å². The topological polar surface area (TPSA) is 20.3 Å². The van der Waals surface area contributed by atoms with E-state index in [0.29, 0.717) is 18.5 Å². The Labute approximate surface area is 111 Å². The number of aryl methyl sites for hydroxylation is 1. The van der Waals surface area contributed by atoms with Crippen LogP contribution in [0.15, 0.2) is 24.3 Å². The van der Waals surface area contributed by atoms with Gasteiger partial charge in [0, 0.05) is 18.2 Å². The molecule has 0 spiro atoms. The highest BCUT2D eigenvalue weighted by molar-refractivity contribution is 5.98. The molecule has 0 saturated carbocycles. The highest BCUT2D eigenvalue weighted by Gasteiger charge is 2.17. The third-order valence-corrected chi connectivity index (χ3v) is 3.12. The Morgan fingerprint density at radius 3 is 2.28 bits per heavy atom. The molecule has 0 N–H and O–H groups in total. The van der Waals surface area contributed by atoms with Gasteiger partial charge in [-0.3, -0.25) is 9.69 Å². The molecule has 0 aliphatic rings. The molecule has 0 fully saturated rings. The number of carbonyl (C=O) groups excluding carboxylic acids is 1. The van der Waals surface area contributed by atoms with Crippen molar-refractivity contribution >= 4 is 5.78 Å². The zero-order chi connectivity index (χ0) is 13.7. The average Bonchev–Trinajstić information content (AvgIpc) is 2.27.